The first-order valence-corrected chi connectivity index (χ1v) is 4.90. The van der Waals surface area contributed by atoms with E-state index in [0.717, 1.165) is 15.7 Å². The maximum Gasteiger partial charge on any atom is 0.166 e. The number of nitrogens with two attached hydrogens (primary N) is 1. The number of aryl methyl sites for hydroxylation is 1. The van der Waals surface area contributed by atoms with Crippen LogP contribution in [0.3, 0.4) is 0 Å². The van der Waals surface area contributed by atoms with Crippen LogP contribution in [0.2, 0.25) is 0 Å². The minimum atomic E-state index is 0.423. The molecule has 1 aromatic heterocycles. The molecule has 0 aliphatic carbocycles. The third-order valence-electron chi connectivity index (χ3n) is 1.92. The smallest absolute Gasteiger partial charge is 0.166 e. The molecule has 0 atom stereocenters. The molecule has 5 heteroatoms. The molecule has 1 aromatic carbocycles. The Hall–Kier alpha value is -1.36. The van der Waals surface area contributed by atoms with E-state index in [1.165, 1.54) is 0 Å². The summed E-state index contributed by atoms with van der Waals surface area (Å²) in [5.41, 5.74) is 7.59. The highest BCUT2D eigenvalue weighted by atomic mass is 79.9. The third-order valence-corrected chi connectivity index (χ3v) is 2.41. The molecular weight excluding hydrogens is 244 g/mol. The lowest BCUT2D eigenvalue weighted by atomic mass is 10.2. The van der Waals surface area contributed by atoms with Gasteiger partial charge in [-0.25, -0.2) is 4.68 Å². The van der Waals surface area contributed by atoms with Gasteiger partial charge in [0.05, 0.1) is 11.9 Å². The van der Waals surface area contributed by atoms with E-state index >= 15 is 0 Å². The average Bonchev–Trinajstić information content (AvgIpc) is 2.51. The van der Waals surface area contributed by atoms with Crippen LogP contribution in [-0.4, -0.2) is 15.0 Å². The standard InChI is InChI=1S/C9H9BrN4/c1-6-4-7(10)2-3-8(6)14-5-9(11)12-13-14/h2-5H,11H2,1H3. The number of benzene rings is 1. The summed E-state index contributed by atoms with van der Waals surface area (Å²) in [6.07, 6.45) is 1.69. The Morgan fingerprint density at radius 3 is 2.79 bits per heavy atom. The molecule has 0 fully saturated rings. The fourth-order valence-corrected chi connectivity index (χ4v) is 1.75. The highest BCUT2D eigenvalue weighted by Gasteiger charge is 2.03. The number of anilines is 1. The van der Waals surface area contributed by atoms with Gasteiger partial charge in [-0.15, -0.1) is 5.10 Å². The van der Waals surface area contributed by atoms with Crippen molar-refractivity contribution in [3.63, 3.8) is 0 Å². The number of nitrogens with zero attached hydrogens (tertiary/aromatic N) is 3. The Morgan fingerprint density at radius 2 is 2.21 bits per heavy atom. The largest absolute Gasteiger partial charge is 0.381 e. The summed E-state index contributed by atoms with van der Waals surface area (Å²) < 4.78 is 2.71. The SMILES string of the molecule is Cc1cc(Br)ccc1-n1cc(N)nn1. The van der Waals surface area contributed by atoms with Crippen LogP contribution < -0.4 is 5.73 Å². The summed E-state index contributed by atoms with van der Waals surface area (Å²) in [6, 6.07) is 5.95. The topological polar surface area (TPSA) is 56.7 Å². The van der Waals surface area contributed by atoms with E-state index in [-0.39, 0.29) is 0 Å². The first-order chi connectivity index (χ1) is 6.66. The average molecular weight is 253 g/mol. The Labute approximate surface area is 89.9 Å². The van der Waals surface area contributed by atoms with Crippen LogP contribution in [0.5, 0.6) is 0 Å². The Bertz CT molecular complexity index is 464. The molecule has 4 nitrogen and oxygen atoms in total. The van der Waals surface area contributed by atoms with Crippen LogP contribution in [0.1, 0.15) is 5.56 Å². The molecule has 72 valence electrons. The van der Waals surface area contributed by atoms with Gasteiger partial charge in [0.25, 0.3) is 0 Å². The molecule has 0 bridgehead atoms. The van der Waals surface area contributed by atoms with Crippen LogP contribution in [0.4, 0.5) is 5.82 Å². The van der Waals surface area contributed by atoms with E-state index < -0.39 is 0 Å². The quantitative estimate of drug-likeness (QED) is 0.844. The van der Waals surface area contributed by atoms with Gasteiger partial charge in [0.15, 0.2) is 5.82 Å². The van der Waals surface area contributed by atoms with Crippen molar-refractivity contribution in [3.8, 4) is 5.69 Å². The van der Waals surface area contributed by atoms with Gasteiger partial charge in [-0.3, -0.25) is 0 Å². The monoisotopic (exact) mass is 252 g/mol. The third kappa shape index (κ3) is 1.63. The Morgan fingerprint density at radius 1 is 1.43 bits per heavy atom. The second-order valence-electron chi connectivity index (χ2n) is 3.02. The summed E-state index contributed by atoms with van der Waals surface area (Å²) in [5.74, 6) is 0.423. The summed E-state index contributed by atoms with van der Waals surface area (Å²) in [5, 5.41) is 7.64. The zero-order valence-electron chi connectivity index (χ0n) is 7.61. The predicted molar refractivity (Wildman–Crippen MR) is 58.2 cm³/mol. The minimum absolute atomic E-state index is 0.423. The lowest BCUT2D eigenvalue weighted by Crippen LogP contribution is -1.97. The lowest BCUT2D eigenvalue weighted by Gasteiger charge is -2.04. The lowest BCUT2D eigenvalue weighted by molar-refractivity contribution is 0.799. The Kier molecular flexibility index (Phi) is 2.25. The first-order valence-electron chi connectivity index (χ1n) is 4.11. The number of halogens is 1. The van der Waals surface area contributed by atoms with Gasteiger partial charge in [0.2, 0.25) is 0 Å². The van der Waals surface area contributed by atoms with Crippen molar-refractivity contribution >= 4 is 21.7 Å². The number of hydrogen-bond acceptors (Lipinski definition) is 3. The van der Waals surface area contributed by atoms with Crippen LogP contribution in [0.15, 0.2) is 28.9 Å². The zero-order valence-corrected chi connectivity index (χ0v) is 9.19. The molecule has 0 amide bonds. The summed E-state index contributed by atoms with van der Waals surface area (Å²) >= 11 is 3.40. The molecule has 2 N–H and O–H groups in total. The van der Waals surface area contributed by atoms with Crippen molar-refractivity contribution in [2.45, 2.75) is 6.92 Å². The molecule has 0 saturated carbocycles. The predicted octanol–water partition coefficient (Wildman–Crippen LogP) is 1.92. The highest BCUT2D eigenvalue weighted by molar-refractivity contribution is 9.10. The maximum atomic E-state index is 5.49. The molecule has 0 radical (unpaired) electrons. The molecule has 0 unspecified atom stereocenters. The molecule has 0 aliphatic rings. The van der Waals surface area contributed by atoms with Crippen molar-refractivity contribution in [1.82, 2.24) is 15.0 Å². The maximum absolute atomic E-state index is 5.49. The van der Waals surface area contributed by atoms with E-state index in [9.17, 15) is 0 Å². The fourth-order valence-electron chi connectivity index (χ4n) is 1.27. The van der Waals surface area contributed by atoms with Crippen molar-refractivity contribution in [2.75, 3.05) is 5.73 Å². The molecule has 0 aliphatic heterocycles. The molecule has 0 saturated heterocycles. The normalized spacial score (nSPS) is 10.4. The van der Waals surface area contributed by atoms with Crippen molar-refractivity contribution in [3.05, 3.63) is 34.4 Å². The second-order valence-corrected chi connectivity index (χ2v) is 3.93. The number of hydrogen-bond donors (Lipinski definition) is 1. The molecule has 1 heterocycles. The number of rotatable bonds is 1. The van der Waals surface area contributed by atoms with E-state index in [2.05, 4.69) is 26.2 Å². The highest BCUT2D eigenvalue weighted by Crippen LogP contribution is 2.18. The van der Waals surface area contributed by atoms with Crippen molar-refractivity contribution < 1.29 is 0 Å². The van der Waals surface area contributed by atoms with E-state index in [4.69, 9.17) is 5.73 Å². The van der Waals surface area contributed by atoms with Gasteiger partial charge in [-0.2, -0.15) is 0 Å². The second kappa shape index (κ2) is 3.42. The first kappa shape index (κ1) is 9.21. The van der Waals surface area contributed by atoms with Crippen LogP contribution >= 0.6 is 15.9 Å². The van der Waals surface area contributed by atoms with E-state index in [1.54, 1.807) is 10.9 Å². The minimum Gasteiger partial charge on any atom is -0.381 e. The molecular formula is C9H9BrN4. The summed E-state index contributed by atoms with van der Waals surface area (Å²) in [4.78, 5) is 0. The molecule has 2 aromatic rings. The fraction of sp³-hybridized carbons (Fsp3) is 0.111. The number of nitrogen functional groups attached to an aromatic ring is 1. The Balaban J connectivity index is 2.52. The van der Waals surface area contributed by atoms with E-state index in [0.29, 0.717) is 5.82 Å². The zero-order chi connectivity index (χ0) is 10.1. The van der Waals surface area contributed by atoms with Crippen LogP contribution in [-0.2, 0) is 0 Å². The van der Waals surface area contributed by atoms with Gasteiger partial charge in [-0.05, 0) is 30.7 Å². The van der Waals surface area contributed by atoms with Gasteiger partial charge >= 0.3 is 0 Å². The molecule has 2 rings (SSSR count). The molecule has 0 spiro atoms. The van der Waals surface area contributed by atoms with Crippen molar-refractivity contribution in [1.29, 1.82) is 0 Å². The number of aromatic nitrogens is 3. The summed E-state index contributed by atoms with van der Waals surface area (Å²) in [7, 11) is 0. The van der Waals surface area contributed by atoms with Gasteiger partial charge in [0.1, 0.15) is 0 Å². The van der Waals surface area contributed by atoms with E-state index in [1.807, 2.05) is 25.1 Å². The van der Waals surface area contributed by atoms with Crippen LogP contribution in [0.25, 0.3) is 5.69 Å². The van der Waals surface area contributed by atoms with Crippen molar-refractivity contribution in [2.24, 2.45) is 0 Å². The van der Waals surface area contributed by atoms with Gasteiger partial charge < -0.3 is 5.73 Å². The van der Waals surface area contributed by atoms with Gasteiger partial charge in [0, 0.05) is 4.47 Å². The summed E-state index contributed by atoms with van der Waals surface area (Å²) in [6.45, 7) is 2.01. The van der Waals surface area contributed by atoms with Crippen LogP contribution in [0, 0.1) is 6.92 Å². The molecule has 14 heavy (non-hydrogen) atoms. The van der Waals surface area contributed by atoms with Gasteiger partial charge in [-0.1, -0.05) is 21.1 Å².